The molecule has 2 heterocycles. The van der Waals surface area contributed by atoms with Gasteiger partial charge in [-0.3, -0.25) is 4.79 Å². The number of fused-ring (bicyclic) bond motifs is 1. The van der Waals surface area contributed by atoms with Crippen LogP contribution in [0.4, 0.5) is 4.39 Å². The van der Waals surface area contributed by atoms with Crippen molar-refractivity contribution >= 4 is 10.9 Å². The molecule has 0 unspecified atom stereocenters. The molecular formula is C18H12FN3O2. The number of nitrogens with one attached hydrogen (secondary N) is 1. The van der Waals surface area contributed by atoms with Crippen molar-refractivity contribution in [1.29, 1.82) is 0 Å². The molecule has 0 spiro atoms. The van der Waals surface area contributed by atoms with Crippen molar-refractivity contribution in [2.45, 2.75) is 6.92 Å². The number of pyridine rings is 1. The van der Waals surface area contributed by atoms with Crippen LogP contribution in [-0.2, 0) is 0 Å². The van der Waals surface area contributed by atoms with Crippen molar-refractivity contribution in [3.8, 4) is 22.8 Å². The quantitative estimate of drug-likeness (QED) is 0.611. The number of aromatic amines is 1. The zero-order valence-corrected chi connectivity index (χ0v) is 12.7. The molecular weight excluding hydrogens is 309 g/mol. The van der Waals surface area contributed by atoms with Gasteiger partial charge in [-0.1, -0.05) is 23.4 Å². The smallest absolute Gasteiger partial charge is 0.259 e. The molecule has 0 bridgehead atoms. The number of hydrogen-bond donors (Lipinski definition) is 1. The molecule has 6 heteroatoms. The van der Waals surface area contributed by atoms with Gasteiger partial charge in [0.25, 0.3) is 11.4 Å². The fourth-order valence-corrected chi connectivity index (χ4v) is 2.59. The van der Waals surface area contributed by atoms with E-state index in [0.29, 0.717) is 11.1 Å². The first kappa shape index (κ1) is 14.3. The van der Waals surface area contributed by atoms with Crippen molar-refractivity contribution in [1.82, 2.24) is 15.1 Å². The molecule has 0 amide bonds. The van der Waals surface area contributed by atoms with Crippen LogP contribution in [0.5, 0.6) is 0 Å². The number of para-hydroxylation sites is 1. The first-order valence-corrected chi connectivity index (χ1v) is 7.34. The van der Waals surface area contributed by atoms with Gasteiger partial charge < -0.3 is 9.51 Å². The molecule has 4 rings (SSSR count). The van der Waals surface area contributed by atoms with E-state index < -0.39 is 0 Å². The first-order chi connectivity index (χ1) is 11.6. The van der Waals surface area contributed by atoms with Crippen LogP contribution >= 0.6 is 0 Å². The molecule has 5 nitrogen and oxygen atoms in total. The van der Waals surface area contributed by atoms with E-state index in [1.165, 1.54) is 12.1 Å². The van der Waals surface area contributed by atoms with E-state index in [-0.39, 0.29) is 23.1 Å². The van der Waals surface area contributed by atoms with Crippen LogP contribution in [0.15, 0.2) is 57.8 Å². The summed E-state index contributed by atoms with van der Waals surface area (Å²) in [6, 6.07) is 13.2. The molecule has 0 aliphatic heterocycles. The van der Waals surface area contributed by atoms with Crippen LogP contribution in [0.3, 0.4) is 0 Å². The Hall–Kier alpha value is -3.28. The molecule has 0 fully saturated rings. The average Bonchev–Trinajstić information content (AvgIpc) is 3.06. The molecule has 0 aliphatic rings. The van der Waals surface area contributed by atoms with Crippen molar-refractivity contribution in [2.24, 2.45) is 0 Å². The minimum Gasteiger partial charge on any atom is -0.334 e. The van der Waals surface area contributed by atoms with Gasteiger partial charge in [0.05, 0.1) is 11.1 Å². The van der Waals surface area contributed by atoms with E-state index in [9.17, 15) is 9.18 Å². The number of H-pyrrole nitrogens is 1. The van der Waals surface area contributed by atoms with Crippen molar-refractivity contribution in [2.75, 3.05) is 0 Å². The van der Waals surface area contributed by atoms with Gasteiger partial charge >= 0.3 is 0 Å². The van der Waals surface area contributed by atoms with E-state index in [4.69, 9.17) is 4.52 Å². The Morgan fingerprint density at radius 1 is 1.12 bits per heavy atom. The lowest BCUT2D eigenvalue weighted by atomic mass is 10.1. The summed E-state index contributed by atoms with van der Waals surface area (Å²) in [5.41, 5.74) is 2.39. The summed E-state index contributed by atoms with van der Waals surface area (Å²) in [6.07, 6.45) is 0. The van der Waals surface area contributed by atoms with Crippen LogP contribution < -0.4 is 5.56 Å². The predicted octanol–water partition coefficient (Wildman–Crippen LogP) is 3.69. The number of halogens is 1. The number of aryl methyl sites for hydroxylation is 1. The Bertz CT molecular complexity index is 1100. The summed E-state index contributed by atoms with van der Waals surface area (Å²) >= 11 is 0. The average molecular weight is 321 g/mol. The highest BCUT2D eigenvalue weighted by Crippen LogP contribution is 2.23. The fourth-order valence-electron chi connectivity index (χ4n) is 2.59. The van der Waals surface area contributed by atoms with E-state index in [1.54, 1.807) is 18.2 Å². The zero-order chi connectivity index (χ0) is 16.7. The molecule has 2 aromatic carbocycles. The molecule has 2 aromatic heterocycles. The van der Waals surface area contributed by atoms with E-state index in [2.05, 4.69) is 15.1 Å². The van der Waals surface area contributed by atoms with Gasteiger partial charge in [0.15, 0.2) is 0 Å². The molecule has 0 saturated carbocycles. The van der Waals surface area contributed by atoms with Crippen LogP contribution in [0.25, 0.3) is 33.7 Å². The number of aromatic nitrogens is 3. The van der Waals surface area contributed by atoms with E-state index >= 15 is 0 Å². The van der Waals surface area contributed by atoms with Gasteiger partial charge in [0.2, 0.25) is 5.82 Å². The number of nitrogens with zero attached hydrogens (tertiary/aromatic N) is 2. The molecule has 4 aromatic rings. The summed E-state index contributed by atoms with van der Waals surface area (Å²) in [4.78, 5) is 19.5. The monoisotopic (exact) mass is 321 g/mol. The highest BCUT2D eigenvalue weighted by atomic mass is 19.1. The second-order valence-electron chi connectivity index (χ2n) is 5.48. The standard InChI is InChI=1S/C18H12FN3O2/c1-10-3-2-4-12-9-14(17(23)20-15(10)12)16-21-18(24-22-16)11-5-7-13(19)8-6-11/h2-9H,1H3,(H,20,23). The van der Waals surface area contributed by atoms with E-state index in [0.717, 1.165) is 16.5 Å². The molecule has 0 atom stereocenters. The van der Waals surface area contributed by atoms with Crippen molar-refractivity contribution in [3.05, 3.63) is 70.3 Å². The highest BCUT2D eigenvalue weighted by Gasteiger charge is 2.14. The molecule has 0 radical (unpaired) electrons. The minimum absolute atomic E-state index is 0.194. The van der Waals surface area contributed by atoms with Gasteiger partial charge in [0, 0.05) is 5.56 Å². The Kier molecular flexibility index (Phi) is 3.23. The summed E-state index contributed by atoms with van der Waals surface area (Å²) < 4.78 is 18.2. The Balaban J connectivity index is 1.82. The lowest BCUT2D eigenvalue weighted by Crippen LogP contribution is -2.10. The van der Waals surface area contributed by atoms with Crippen molar-refractivity contribution < 1.29 is 8.91 Å². The first-order valence-electron chi connectivity index (χ1n) is 7.34. The minimum atomic E-state index is -0.347. The Labute approximate surface area is 135 Å². The summed E-state index contributed by atoms with van der Waals surface area (Å²) in [5, 5.41) is 4.76. The second kappa shape index (κ2) is 5.42. The number of rotatable bonds is 2. The van der Waals surface area contributed by atoms with Gasteiger partial charge in [-0.15, -0.1) is 0 Å². The highest BCUT2D eigenvalue weighted by molar-refractivity contribution is 5.84. The van der Waals surface area contributed by atoms with E-state index in [1.807, 2.05) is 25.1 Å². The molecule has 118 valence electrons. The number of benzene rings is 2. The third kappa shape index (κ3) is 2.38. The third-order valence-corrected chi connectivity index (χ3v) is 3.85. The Morgan fingerprint density at radius 3 is 2.71 bits per heavy atom. The van der Waals surface area contributed by atoms with Gasteiger partial charge in [-0.2, -0.15) is 4.98 Å². The normalized spacial score (nSPS) is 11.1. The van der Waals surface area contributed by atoms with Crippen LogP contribution in [-0.4, -0.2) is 15.1 Å². The molecule has 1 N–H and O–H groups in total. The van der Waals surface area contributed by atoms with Crippen LogP contribution in [0.1, 0.15) is 5.56 Å². The van der Waals surface area contributed by atoms with Gasteiger partial charge in [0.1, 0.15) is 5.82 Å². The second-order valence-corrected chi connectivity index (χ2v) is 5.48. The molecule has 0 saturated heterocycles. The van der Waals surface area contributed by atoms with Crippen LogP contribution in [0.2, 0.25) is 0 Å². The fraction of sp³-hybridized carbons (Fsp3) is 0.0556. The molecule has 0 aliphatic carbocycles. The lowest BCUT2D eigenvalue weighted by molar-refractivity contribution is 0.432. The Morgan fingerprint density at radius 2 is 1.92 bits per heavy atom. The summed E-state index contributed by atoms with van der Waals surface area (Å²) in [5.74, 6) is 0.0764. The van der Waals surface area contributed by atoms with Crippen LogP contribution in [0, 0.1) is 12.7 Å². The van der Waals surface area contributed by atoms with Crippen molar-refractivity contribution in [3.63, 3.8) is 0 Å². The SMILES string of the molecule is Cc1cccc2cc(-c3noc(-c4ccc(F)cc4)n3)c(=O)[nH]c12. The maximum atomic E-state index is 13.0. The summed E-state index contributed by atoms with van der Waals surface area (Å²) in [7, 11) is 0. The number of hydrogen-bond acceptors (Lipinski definition) is 4. The largest absolute Gasteiger partial charge is 0.334 e. The maximum absolute atomic E-state index is 13.0. The third-order valence-electron chi connectivity index (χ3n) is 3.85. The van der Waals surface area contributed by atoms with Gasteiger partial charge in [-0.05, 0) is 48.2 Å². The summed E-state index contributed by atoms with van der Waals surface area (Å²) in [6.45, 7) is 1.93. The topological polar surface area (TPSA) is 71.8 Å². The zero-order valence-electron chi connectivity index (χ0n) is 12.7. The van der Waals surface area contributed by atoms with Gasteiger partial charge in [-0.25, -0.2) is 4.39 Å². The predicted molar refractivity (Wildman–Crippen MR) is 88.0 cm³/mol. The lowest BCUT2D eigenvalue weighted by Gasteiger charge is -2.02. The maximum Gasteiger partial charge on any atom is 0.259 e. The molecule has 24 heavy (non-hydrogen) atoms.